The predicted octanol–water partition coefficient (Wildman–Crippen LogP) is 4.64. The number of amides is 1. The van der Waals surface area contributed by atoms with Gasteiger partial charge >= 0.3 is 0 Å². The number of rotatable bonds is 4. The Morgan fingerprint density at radius 3 is 2.77 bits per heavy atom. The largest absolute Gasteiger partial charge is 0.457 e. The van der Waals surface area contributed by atoms with Gasteiger partial charge in [0.05, 0.1) is 15.5 Å². The van der Waals surface area contributed by atoms with E-state index < -0.39 is 4.92 Å². The molecule has 0 saturated carbocycles. The van der Waals surface area contributed by atoms with Crippen LogP contribution in [0, 0.1) is 15.5 Å². The maximum atomic E-state index is 12.9. The molecule has 154 valence electrons. The maximum Gasteiger partial charge on any atom is 0.271 e. The van der Waals surface area contributed by atoms with Gasteiger partial charge in [0.1, 0.15) is 11.5 Å². The number of thioether (sulfide) groups is 1. The van der Waals surface area contributed by atoms with Crippen LogP contribution in [-0.4, -0.2) is 22.8 Å². The Morgan fingerprint density at radius 1 is 1.10 bits per heavy atom. The van der Waals surface area contributed by atoms with Gasteiger partial charge < -0.3 is 13.9 Å². The van der Waals surface area contributed by atoms with Crippen LogP contribution >= 0.6 is 11.8 Å². The lowest BCUT2D eigenvalue weighted by atomic mass is 10.1. The smallest absolute Gasteiger partial charge is 0.271 e. The molecule has 0 unspecified atom stereocenters. The van der Waals surface area contributed by atoms with Crippen molar-refractivity contribution in [3.05, 3.63) is 75.4 Å². The van der Waals surface area contributed by atoms with Crippen molar-refractivity contribution in [1.29, 1.82) is 5.41 Å². The first-order chi connectivity index (χ1) is 15.0. The summed E-state index contributed by atoms with van der Waals surface area (Å²) in [6.07, 6.45) is 1.55. The molecule has 1 aromatic heterocycles. The lowest BCUT2D eigenvalue weighted by Crippen LogP contribution is -2.28. The minimum atomic E-state index is -0.473. The molecule has 0 aliphatic carbocycles. The van der Waals surface area contributed by atoms with Crippen LogP contribution in [0.1, 0.15) is 5.76 Å². The maximum absolute atomic E-state index is 12.9. The fraction of sp³-hybridized carbons (Fsp3) is 0.0476. The van der Waals surface area contributed by atoms with Crippen LogP contribution in [0.2, 0.25) is 0 Å². The van der Waals surface area contributed by atoms with Gasteiger partial charge in [-0.15, -0.1) is 0 Å². The molecule has 1 N–H and O–H groups in total. The third kappa shape index (κ3) is 3.42. The summed E-state index contributed by atoms with van der Waals surface area (Å²) in [5, 5.41) is 19.3. The standard InChI is InChI=1S/C21H13N3O6S/c22-21-23(13-4-6-17-18(9-13)29-11-28-17)20(25)19(31-21)10-15-5-7-16(30-15)12-2-1-3-14(8-12)24(26)27/h1-10,22H,11H2/b19-10-,22-21?. The highest BCUT2D eigenvalue weighted by molar-refractivity contribution is 8.19. The quantitative estimate of drug-likeness (QED) is 0.360. The number of anilines is 1. The first-order valence-electron chi connectivity index (χ1n) is 9.06. The van der Waals surface area contributed by atoms with Crippen LogP contribution in [0.5, 0.6) is 11.5 Å². The molecular formula is C21H13N3O6S. The molecule has 1 fully saturated rings. The van der Waals surface area contributed by atoms with Crippen molar-refractivity contribution < 1.29 is 23.6 Å². The Hall–Kier alpha value is -4.05. The van der Waals surface area contributed by atoms with E-state index in [1.54, 1.807) is 48.5 Å². The molecule has 31 heavy (non-hydrogen) atoms. The lowest BCUT2D eigenvalue weighted by molar-refractivity contribution is -0.384. The number of nitro benzene ring substituents is 1. The molecule has 0 spiro atoms. The fourth-order valence-corrected chi connectivity index (χ4v) is 4.07. The zero-order chi connectivity index (χ0) is 21.5. The molecule has 1 amide bonds. The summed E-state index contributed by atoms with van der Waals surface area (Å²) in [4.78, 5) is 25.0. The summed E-state index contributed by atoms with van der Waals surface area (Å²) >= 11 is 1.02. The van der Waals surface area contributed by atoms with Crippen molar-refractivity contribution in [3.8, 4) is 22.8 Å². The molecule has 10 heteroatoms. The normalized spacial score (nSPS) is 16.4. The topological polar surface area (TPSA) is 119 Å². The molecule has 0 atom stereocenters. The Kier molecular flexibility index (Phi) is 4.48. The number of nitro groups is 1. The van der Waals surface area contributed by atoms with Gasteiger partial charge in [0.2, 0.25) is 6.79 Å². The number of ether oxygens (including phenoxy) is 2. The minimum absolute atomic E-state index is 0.0388. The van der Waals surface area contributed by atoms with E-state index in [0.717, 1.165) is 11.8 Å². The number of non-ortho nitro benzene ring substituents is 1. The molecule has 2 aromatic carbocycles. The molecule has 3 heterocycles. The van der Waals surface area contributed by atoms with E-state index in [1.165, 1.54) is 17.0 Å². The number of carbonyl (C=O) groups excluding carboxylic acids is 1. The molecule has 2 aliphatic heterocycles. The second-order valence-corrected chi connectivity index (χ2v) is 7.63. The second-order valence-electron chi connectivity index (χ2n) is 6.60. The van der Waals surface area contributed by atoms with Gasteiger partial charge in [-0.1, -0.05) is 12.1 Å². The van der Waals surface area contributed by atoms with Crippen molar-refractivity contribution >= 4 is 40.3 Å². The van der Waals surface area contributed by atoms with E-state index >= 15 is 0 Å². The van der Waals surface area contributed by atoms with Crippen LogP contribution in [0.4, 0.5) is 11.4 Å². The first-order valence-corrected chi connectivity index (χ1v) is 9.88. The summed E-state index contributed by atoms with van der Waals surface area (Å²) in [5.41, 5.74) is 1.02. The van der Waals surface area contributed by atoms with Crippen LogP contribution < -0.4 is 14.4 Å². The average Bonchev–Trinajstić information content (AvgIpc) is 3.48. The van der Waals surface area contributed by atoms with Crippen LogP contribution in [0.3, 0.4) is 0 Å². The third-order valence-electron chi connectivity index (χ3n) is 4.68. The Bertz CT molecular complexity index is 1280. The van der Waals surface area contributed by atoms with Gasteiger partial charge in [0.25, 0.3) is 11.6 Å². The molecule has 1 saturated heterocycles. The van der Waals surface area contributed by atoms with E-state index in [0.29, 0.717) is 39.2 Å². The van der Waals surface area contributed by atoms with Gasteiger partial charge in [0.15, 0.2) is 16.7 Å². The first kappa shape index (κ1) is 18.9. The average molecular weight is 435 g/mol. The van der Waals surface area contributed by atoms with E-state index in [-0.39, 0.29) is 23.6 Å². The molecule has 5 rings (SSSR count). The highest BCUT2D eigenvalue weighted by Crippen LogP contribution is 2.40. The van der Waals surface area contributed by atoms with Crippen molar-refractivity contribution in [2.24, 2.45) is 0 Å². The van der Waals surface area contributed by atoms with Gasteiger partial charge in [0, 0.05) is 29.8 Å². The minimum Gasteiger partial charge on any atom is -0.457 e. The molecule has 9 nitrogen and oxygen atoms in total. The molecule has 3 aromatic rings. The van der Waals surface area contributed by atoms with Crippen molar-refractivity contribution in [3.63, 3.8) is 0 Å². The van der Waals surface area contributed by atoms with Crippen LogP contribution in [-0.2, 0) is 4.79 Å². The number of benzene rings is 2. The highest BCUT2D eigenvalue weighted by Gasteiger charge is 2.34. The molecule has 0 bridgehead atoms. The Morgan fingerprint density at radius 2 is 1.94 bits per heavy atom. The summed E-state index contributed by atoms with van der Waals surface area (Å²) in [7, 11) is 0. The van der Waals surface area contributed by atoms with Gasteiger partial charge in [-0.2, -0.15) is 0 Å². The van der Waals surface area contributed by atoms with Crippen LogP contribution in [0.15, 0.2) is 63.9 Å². The summed E-state index contributed by atoms with van der Waals surface area (Å²) in [6, 6.07) is 14.5. The Balaban J connectivity index is 1.41. The number of amidine groups is 1. The van der Waals surface area contributed by atoms with E-state index in [2.05, 4.69) is 0 Å². The summed E-state index contributed by atoms with van der Waals surface area (Å²) in [5.74, 6) is 1.59. The lowest BCUT2D eigenvalue weighted by Gasteiger charge is -2.14. The predicted molar refractivity (Wildman–Crippen MR) is 114 cm³/mol. The van der Waals surface area contributed by atoms with E-state index in [9.17, 15) is 14.9 Å². The van der Waals surface area contributed by atoms with Crippen molar-refractivity contribution in [2.45, 2.75) is 0 Å². The van der Waals surface area contributed by atoms with Crippen molar-refractivity contribution in [1.82, 2.24) is 0 Å². The zero-order valence-electron chi connectivity index (χ0n) is 15.7. The number of fused-ring (bicyclic) bond motifs is 1. The number of nitrogens with one attached hydrogen (secondary N) is 1. The number of carbonyl (C=O) groups is 1. The van der Waals surface area contributed by atoms with Crippen molar-refractivity contribution in [2.75, 3.05) is 11.7 Å². The highest BCUT2D eigenvalue weighted by atomic mass is 32.2. The molecular weight excluding hydrogens is 422 g/mol. The van der Waals surface area contributed by atoms with E-state index in [1.807, 2.05) is 0 Å². The number of hydrogen-bond donors (Lipinski definition) is 1. The van der Waals surface area contributed by atoms with Gasteiger partial charge in [-0.05, 0) is 36.0 Å². The SMILES string of the molecule is N=C1S/C(=C\c2ccc(-c3cccc([N+](=O)[O-])c3)o2)C(=O)N1c1ccc2c(c1)OCO2. The van der Waals surface area contributed by atoms with E-state index in [4.69, 9.17) is 19.3 Å². The molecule has 2 aliphatic rings. The number of hydrogen-bond acceptors (Lipinski definition) is 8. The molecule has 0 radical (unpaired) electrons. The van der Waals surface area contributed by atoms with Crippen LogP contribution in [0.25, 0.3) is 17.4 Å². The monoisotopic (exact) mass is 435 g/mol. The van der Waals surface area contributed by atoms with Gasteiger partial charge in [-0.3, -0.25) is 25.2 Å². The fourth-order valence-electron chi connectivity index (χ4n) is 3.23. The zero-order valence-corrected chi connectivity index (χ0v) is 16.5. The summed E-state index contributed by atoms with van der Waals surface area (Å²) in [6.45, 7) is 0.121. The van der Waals surface area contributed by atoms with Gasteiger partial charge in [-0.25, -0.2) is 0 Å². The Labute approximate surface area is 179 Å². The number of furan rings is 1. The number of nitrogens with zero attached hydrogens (tertiary/aromatic N) is 2. The second kappa shape index (κ2) is 7.33. The third-order valence-corrected chi connectivity index (χ3v) is 5.57. The summed E-state index contributed by atoms with van der Waals surface area (Å²) < 4.78 is 16.4.